The fraction of sp³-hybridized carbons (Fsp3) is 0.333. The summed E-state index contributed by atoms with van der Waals surface area (Å²) in [6, 6.07) is 16.1. The molecule has 0 spiro atoms. The Kier molecular flexibility index (Phi) is 5.95. The first-order valence-corrected chi connectivity index (χ1v) is 7.42. The average Bonchev–Trinajstić information content (AvgIpc) is 2.54. The lowest BCUT2D eigenvalue weighted by atomic mass is 10.2. The van der Waals surface area contributed by atoms with Crippen molar-refractivity contribution in [3.05, 3.63) is 54.1 Å². The number of unbranched alkanes of at least 4 members (excludes halogenated alkanes) is 1. The van der Waals surface area contributed by atoms with Crippen molar-refractivity contribution in [2.45, 2.75) is 26.3 Å². The van der Waals surface area contributed by atoms with Gasteiger partial charge in [0.2, 0.25) is 0 Å². The van der Waals surface area contributed by atoms with Crippen molar-refractivity contribution in [2.75, 3.05) is 19.0 Å². The molecule has 0 saturated carbocycles. The standard InChI is InChI=1S/C18H23NO2/c1-3-4-13-21-18-8-6-5-7-17(18)19-14-15-9-11-16(20-2)12-10-15/h5-12,19H,3-4,13-14H2,1-2H3. The van der Waals surface area contributed by atoms with E-state index in [1.54, 1.807) is 7.11 Å². The number of methoxy groups -OCH3 is 1. The molecule has 3 nitrogen and oxygen atoms in total. The van der Waals surface area contributed by atoms with Crippen LogP contribution in [0.1, 0.15) is 25.3 Å². The minimum atomic E-state index is 0.762. The number of anilines is 1. The first-order chi connectivity index (χ1) is 10.3. The zero-order chi connectivity index (χ0) is 14.9. The van der Waals surface area contributed by atoms with Crippen LogP contribution in [0.25, 0.3) is 0 Å². The maximum Gasteiger partial charge on any atom is 0.142 e. The summed E-state index contributed by atoms with van der Waals surface area (Å²) < 4.78 is 11.0. The molecule has 1 N–H and O–H groups in total. The van der Waals surface area contributed by atoms with E-state index in [4.69, 9.17) is 9.47 Å². The number of rotatable bonds is 8. The highest BCUT2D eigenvalue weighted by Gasteiger charge is 2.02. The van der Waals surface area contributed by atoms with Crippen molar-refractivity contribution in [3.8, 4) is 11.5 Å². The third-order valence-corrected chi connectivity index (χ3v) is 3.28. The van der Waals surface area contributed by atoms with E-state index < -0.39 is 0 Å². The summed E-state index contributed by atoms with van der Waals surface area (Å²) in [6.45, 7) is 3.69. The van der Waals surface area contributed by atoms with Gasteiger partial charge in [0, 0.05) is 6.54 Å². The number of benzene rings is 2. The fourth-order valence-electron chi connectivity index (χ4n) is 2.01. The predicted octanol–water partition coefficient (Wildman–Crippen LogP) is 4.49. The number of hydrogen-bond acceptors (Lipinski definition) is 3. The van der Waals surface area contributed by atoms with Crippen LogP contribution in [0.15, 0.2) is 48.5 Å². The monoisotopic (exact) mass is 285 g/mol. The molecule has 0 amide bonds. The molecule has 0 fully saturated rings. The van der Waals surface area contributed by atoms with Crippen LogP contribution in [-0.4, -0.2) is 13.7 Å². The van der Waals surface area contributed by atoms with Crippen molar-refractivity contribution >= 4 is 5.69 Å². The molecule has 3 heteroatoms. The molecule has 112 valence electrons. The summed E-state index contributed by atoms with van der Waals surface area (Å²) in [4.78, 5) is 0. The molecule has 0 radical (unpaired) electrons. The van der Waals surface area contributed by atoms with Crippen LogP contribution in [0.5, 0.6) is 11.5 Å². The lowest BCUT2D eigenvalue weighted by Gasteiger charge is -2.13. The smallest absolute Gasteiger partial charge is 0.142 e. The van der Waals surface area contributed by atoms with E-state index in [1.807, 2.05) is 36.4 Å². The minimum Gasteiger partial charge on any atom is -0.497 e. The van der Waals surface area contributed by atoms with E-state index >= 15 is 0 Å². The highest BCUT2D eigenvalue weighted by atomic mass is 16.5. The third kappa shape index (κ3) is 4.71. The average molecular weight is 285 g/mol. The second kappa shape index (κ2) is 8.20. The van der Waals surface area contributed by atoms with Gasteiger partial charge in [0.25, 0.3) is 0 Å². The topological polar surface area (TPSA) is 30.5 Å². The Hall–Kier alpha value is -2.16. The molecular formula is C18H23NO2. The molecule has 0 saturated heterocycles. The second-order valence-electron chi connectivity index (χ2n) is 4.90. The molecule has 0 atom stereocenters. The van der Waals surface area contributed by atoms with Crippen molar-refractivity contribution in [2.24, 2.45) is 0 Å². The maximum absolute atomic E-state index is 5.82. The number of nitrogens with one attached hydrogen (secondary N) is 1. The van der Waals surface area contributed by atoms with Crippen LogP contribution in [0, 0.1) is 0 Å². The van der Waals surface area contributed by atoms with E-state index in [9.17, 15) is 0 Å². The van der Waals surface area contributed by atoms with Gasteiger partial charge >= 0.3 is 0 Å². The van der Waals surface area contributed by atoms with Gasteiger partial charge in [-0.05, 0) is 36.2 Å². The highest BCUT2D eigenvalue weighted by Crippen LogP contribution is 2.24. The van der Waals surface area contributed by atoms with Crippen molar-refractivity contribution < 1.29 is 9.47 Å². The van der Waals surface area contributed by atoms with Crippen molar-refractivity contribution in [1.82, 2.24) is 0 Å². The molecule has 0 bridgehead atoms. The van der Waals surface area contributed by atoms with Gasteiger partial charge in [-0.2, -0.15) is 0 Å². The Morgan fingerprint density at radius 3 is 2.48 bits per heavy atom. The van der Waals surface area contributed by atoms with Gasteiger partial charge < -0.3 is 14.8 Å². The van der Waals surface area contributed by atoms with Crippen LogP contribution < -0.4 is 14.8 Å². The Bertz CT molecular complexity index is 537. The molecule has 0 aliphatic heterocycles. The minimum absolute atomic E-state index is 0.762. The zero-order valence-electron chi connectivity index (χ0n) is 12.8. The molecule has 0 aliphatic rings. The Morgan fingerprint density at radius 2 is 1.76 bits per heavy atom. The lowest BCUT2D eigenvalue weighted by molar-refractivity contribution is 0.310. The maximum atomic E-state index is 5.82. The molecule has 0 unspecified atom stereocenters. The summed E-state index contributed by atoms with van der Waals surface area (Å²) in [5.74, 6) is 1.79. The van der Waals surface area contributed by atoms with Crippen LogP contribution in [-0.2, 0) is 6.54 Å². The summed E-state index contributed by atoms with van der Waals surface area (Å²) >= 11 is 0. The van der Waals surface area contributed by atoms with Gasteiger partial charge in [-0.3, -0.25) is 0 Å². The zero-order valence-corrected chi connectivity index (χ0v) is 12.8. The van der Waals surface area contributed by atoms with E-state index in [-0.39, 0.29) is 0 Å². The van der Waals surface area contributed by atoms with E-state index in [1.165, 1.54) is 5.56 Å². The largest absolute Gasteiger partial charge is 0.497 e. The van der Waals surface area contributed by atoms with Crippen molar-refractivity contribution in [3.63, 3.8) is 0 Å². The number of ether oxygens (including phenoxy) is 2. The third-order valence-electron chi connectivity index (χ3n) is 3.28. The first-order valence-electron chi connectivity index (χ1n) is 7.42. The lowest BCUT2D eigenvalue weighted by Crippen LogP contribution is -2.03. The second-order valence-corrected chi connectivity index (χ2v) is 4.90. The molecular weight excluding hydrogens is 262 g/mol. The van der Waals surface area contributed by atoms with E-state index in [2.05, 4.69) is 24.4 Å². The molecule has 2 aromatic rings. The molecule has 21 heavy (non-hydrogen) atoms. The molecule has 0 heterocycles. The van der Waals surface area contributed by atoms with E-state index in [0.29, 0.717) is 0 Å². The molecule has 2 rings (SSSR count). The van der Waals surface area contributed by atoms with Crippen LogP contribution in [0.2, 0.25) is 0 Å². The summed E-state index contributed by atoms with van der Waals surface area (Å²) in [5, 5.41) is 3.43. The van der Waals surface area contributed by atoms with Crippen LogP contribution in [0.3, 0.4) is 0 Å². The molecule has 2 aromatic carbocycles. The van der Waals surface area contributed by atoms with Gasteiger partial charge in [-0.1, -0.05) is 37.6 Å². The van der Waals surface area contributed by atoms with Crippen LogP contribution in [0.4, 0.5) is 5.69 Å². The quantitative estimate of drug-likeness (QED) is 0.725. The van der Waals surface area contributed by atoms with Gasteiger partial charge in [0.15, 0.2) is 0 Å². The Morgan fingerprint density at radius 1 is 1.00 bits per heavy atom. The summed E-state index contributed by atoms with van der Waals surface area (Å²) in [7, 11) is 1.68. The first kappa shape index (κ1) is 15.2. The summed E-state index contributed by atoms with van der Waals surface area (Å²) in [6.07, 6.45) is 2.22. The highest BCUT2D eigenvalue weighted by molar-refractivity contribution is 5.56. The number of para-hydroxylation sites is 2. The van der Waals surface area contributed by atoms with E-state index in [0.717, 1.165) is 43.2 Å². The SMILES string of the molecule is CCCCOc1ccccc1NCc1ccc(OC)cc1. The molecule has 0 aromatic heterocycles. The predicted molar refractivity (Wildman–Crippen MR) is 87.2 cm³/mol. The Labute approximate surface area is 126 Å². The van der Waals surface area contributed by atoms with Gasteiger partial charge in [-0.25, -0.2) is 0 Å². The van der Waals surface area contributed by atoms with Gasteiger partial charge in [0.1, 0.15) is 11.5 Å². The summed E-state index contributed by atoms with van der Waals surface area (Å²) in [5.41, 5.74) is 2.24. The van der Waals surface area contributed by atoms with Gasteiger partial charge in [0.05, 0.1) is 19.4 Å². The van der Waals surface area contributed by atoms with Crippen LogP contribution >= 0.6 is 0 Å². The van der Waals surface area contributed by atoms with Gasteiger partial charge in [-0.15, -0.1) is 0 Å². The molecule has 0 aliphatic carbocycles. The van der Waals surface area contributed by atoms with Crippen molar-refractivity contribution in [1.29, 1.82) is 0 Å². The Balaban J connectivity index is 1.95. The normalized spacial score (nSPS) is 10.2. The number of hydrogen-bond donors (Lipinski definition) is 1. The fourth-order valence-corrected chi connectivity index (χ4v) is 2.01.